The summed E-state index contributed by atoms with van der Waals surface area (Å²) in [4.78, 5) is 16.1. The van der Waals surface area contributed by atoms with Gasteiger partial charge in [-0.2, -0.15) is 0 Å². The molecular weight excluding hydrogens is 754 g/mol. The number of benzene rings is 8. The van der Waals surface area contributed by atoms with Crippen LogP contribution in [0.1, 0.15) is 0 Å². The van der Waals surface area contributed by atoms with Crippen molar-refractivity contribution in [3.05, 3.63) is 158 Å². The van der Waals surface area contributed by atoms with Crippen molar-refractivity contribution in [1.29, 1.82) is 0 Å². The van der Waals surface area contributed by atoms with Crippen LogP contribution in [0.5, 0.6) is 0 Å². The molecule has 8 heteroatoms. The van der Waals surface area contributed by atoms with Crippen LogP contribution in [0, 0.1) is 0 Å². The molecule has 0 fully saturated rings. The van der Waals surface area contributed by atoms with Gasteiger partial charge in [-0.1, -0.05) is 108 Å². The molecule has 0 spiro atoms. The van der Waals surface area contributed by atoms with Crippen molar-refractivity contribution in [3.63, 3.8) is 0 Å². The molecule has 2 nitrogen and oxygen atoms in total. The van der Waals surface area contributed by atoms with Crippen LogP contribution in [0.15, 0.2) is 197 Å². The van der Waals surface area contributed by atoms with Crippen LogP contribution in [0.4, 0.5) is 34.1 Å². The molecule has 0 aromatic heterocycles. The number of hydrogen-bond donors (Lipinski definition) is 0. The lowest BCUT2D eigenvalue weighted by molar-refractivity contribution is 1.23. The minimum absolute atomic E-state index is 0.211. The molecule has 0 amide bonds. The van der Waals surface area contributed by atoms with Gasteiger partial charge < -0.3 is 9.80 Å². The quantitative estimate of drug-likeness (QED) is 0.164. The third kappa shape index (κ3) is 4.03. The van der Waals surface area contributed by atoms with E-state index in [9.17, 15) is 0 Å². The number of hydrogen-bond acceptors (Lipinski definition) is 6. The van der Waals surface area contributed by atoms with Crippen molar-refractivity contribution in [2.75, 3.05) is 9.80 Å². The molecule has 0 saturated heterocycles. The standard InChI is InChI=1S/C48H26B2N2S4/c1-3-11-29(12-4-1)51-31-15-7-17-35-43(31)49-45-33(51)23-27(25-41(45)55-39-21-9-19-37(53-35)47(39)49)28-24-34-46-42(26-28)56-40-22-10-20-38-48(40)50(46)44-32(16-8-18-36(44)54-38)52(34)30-13-5-2-6-14-30/h1-26H. The molecule has 6 aliphatic rings. The van der Waals surface area contributed by atoms with Crippen molar-refractivity contribution in [2.45, 2.75) is 39.2 Å². The van der Waals surface area contributed by atoms with E-state index in [4.69, 9.17) is 0 Å². The third-order valence-corrected chi connectivity index (χ3v) is 16.9. The second-order valence-corrected chi connectivity index (χ2v) is 19.5. The fraction of sp³-hybridized carbons (Fsp3) is 0. The van der Waals surface area contributed by atoms with Crippen LogP contribution in [0.2, 0.25) is 0 Å². The second kappa shape index (κ2) is 11.3. The molecule has 8 aromatic carbocycles. The average Bonchev–Trinajstić information content (AvgIpc) is 3.24. The van der Waals surface area contributed by atoms with Crippen LogP contribution < -0.4 is 42.6 Å². The molecule has 14 rings (SSSR count). The van der Waals surface area contributed by atoms with Gasteiger partial charge in [0.25, 0.3) is 13.4 Å². The van der Waals surface area contributed by atoms with Gasteiger partial charge in [0.05, 0.1) is 0 Å². The molecule has 0 bridgehead atoms. The van der Waals surface area contributed by atoms with Crippen LogP contribution in [-0.4, -0.2) is 13.4 Å². The molecule has 0 radical (unpaired) electrons. The highest BCUT2D eigenvalue weighted by atomic mass is 32.2. The van der Waals surface area contributed by atoms with E-state index in [1.165, 1.54) is 117 Å². The van der Waals surface area contributed by atoms with Gasteiger partial charge in [-0.25, -0.2) is 0 Å². The largest absolute Gasteiger partial charge is 0.311 e. The van der Waals surface area contributed by atoms with Gasteiger partial charge in [0.1, 0.15) is 0 Å². The lowest BCUT2D eigenvalue weighted by Crippen LogP contribution is -2.62. The fourth-order valence-corrected chi connectivity index (χ4v) is 15.2. The Morgan fingerprint density at radius 2 is 0.625 bits per heavy atom. The summed E-state index contributed by atoms with van der Waals surface area (Å²) in [6.45, 7) is 0.423. The molecule has 0 N–H and O–H groups in total. The maximum absolute atomic E-state index is 2.54. The average molecular weight is 781 g/mol. The summed E-state index contributed by atoms with van der Waals surface area (Å²) in [5.41, 5.74) is 18.7. The van der Waals surface area contributed by atoms with E-state index in [0.717, 1.165) is 0 Å². The summed E-state index contributed by atoms with van der Waals surface area (Å²) in [6, 6.07) is 59.7. The Bertz CT molecular complexity index is 2870. The maximum Gasteiger partial charge on any atom is 0.252 e. The number of para-hydroxylation sites is 2. The minimum atomic E-state index is 0.211. The van der Waals surface area contributed by atoms with E-state index in [1.54, 1.807) is 0 Å². The third-order valence-electron chi connectivity index (χ3n) is 12.3. The highest BCUT2D eigenvalue weighted by Gasteiger charge is 2.48. The Balaban J connectivity index is 1.05. The monoisotopic (exact) mass is 780 g/mol. The Morgan fingerprint density at radius 1 is 0.286 bits per heavy atom. The Morgan fingerprint density at radius 3 is 1.04 bits per heavy atom. The molecule has 0 unspecified atom stereocenters. The van der Waals surface area contributed by atoms with Crippen molar-refractivity contribution >= 4 is 127 Å². The highest BCUT2D eigenvalue weighted by Crippen LogP contribution is 2.51. The van der Waals surface area contributed by atoms with Gasteiger partial charge >= 0.3 is 0 Å². The van der Waals surface area contributed by atoms with Crippen LogP contribution in [0.3, 0.4) is 0 Å². The SMILES string of the molecule is c1ccc(N2c3cccc4c3B3c5c(cccc5Sc5cc(-c6cc7c8c(c6)N(c6ccccc6)c6cccc9c6B8c6c(cccc6S7)S9)cc2c53)S4)cc1. The first-order valence-electron chi connectivity index (χ1n) is 19.1. The number of rotatable bonds is 3. The first-order chi connectivity index (χ1) is 27.8. The molecule has 0 aliphatic carbocycles. The molecule has 0 atom stereocenters. The van der Waals surface area contributed by atoms with Gasteiger partial charge in [-0.05, 0) is 141 Å². The lowest BCUT2D eigenvalue weighted by atomic mass is 9.34. The minimum Gasteiger partial charge on any atom is -0.311 e. The molecule has 56 heavy (non-hydrogen) atoms. The fourth-order valence-electron chi connectivity index (χ4n) is 10.2. The first-order valence-corrected chi connectivity index (χ1v) is 22.3. The number of nitrogens with zero attached hydrogens (tertiary/aromatic N) is 2. The maximum atomic E-state index is 2.54. The molecule has 8 aromatic rings. The lowest BCUT2D eigenvalue weighted by Gasteiger charge is -2.44. The number of anilines is 6. The van der Waals surface area contributed by atoms with Gasteiger partial charge in [0.2, 0.25) is 0 Å². The molecular formula is C48H26B2N2S4. The molecule has 6 aliphatic heterocycles. The summed E-state index contributed by atoms with van der Waals surface area (Å²) < 4.78 is 0. The van der Waals surface area contributed by atoms with Crippen LogP contribution in [0.25, 0.3) is 11.1 Å². The van der Waals surface area contributed by atoms with Gasteiger partial charge in [0, 0.05) is 73.3 Å². The second-order valence-electron chi connectivity index (χ2n) is 15.1. The van der Waals surface area contributed by atoms with Crippen molar-refractivity contribution in [1.82, 2.24) is 0 Å². The van der Waals surface area contributed by atoms with Gasteiger partial charge in [0.15, 0.2) is 0 Å². The smallest absolute Gasteiger partial charge is 0.252 e. The predicted octanol–water partition coefficient (Wildman–Crippen LogP) is 9.81. The summed E-state index contributed by atoms with van der Waals surface area (Å²) in [5, 5.41) is 0. The zero-order chi connectivity index (χ0) is 36.2. The van der Waals surface area contributed by atoms with E-state index in [2.05, 4.69) is 168 Å². The summed E-state index contributed by atoms with van der Waals surface area (Å²) in [7, 11) is 0. The topological polar surface area (TPSA) is 6.48 Å². The summed E-state index contributed by atoms with van der Waals surface area (Å²) in [6.07, 6.45) is 0. The van der Waals surface area contributed by atoms with Crippen molar-refractivity contribution < 1.29 is 0 Å². The zero-order valence-electron chi connectivity index (χ0n) is 29.7. The van der Waals surface area contributed by atoms with E-state index in [1.807, 2.05) is 47.0 Å². The normalized spacial score (nSPS) is 15.1. The van der Waals surface area contributed by atoms with Gasteiger partial charge in [-0.3, -0.25) is 0 Å². The van der Waals surface area contributed by atoms with Crippen molar-refractivity contribution in [2.24, 2.45) is 0 Å². The van der Waals surface area contributed by atoms with E-state index in [-0.39, 0.29) is 13.4 Å². The Labute approximate surface area is 342 Å². The van der Waals surface area contributed by atoms with Crippen molar-refractivity contribution in [3.8, 4) is 11.1 Å². The predicted molar refractivity (Wildman–Crippen MR) is 240 cm³/mol. The van der Waals surface area contributed by atoms with E-state index >= 15 is 0 Å². The van der Waals surface area contributed by atoms with Gasteiger partial charge in [-0.15, -0.1) is 0 Å². The summed E-state index contributed by atoms with van der Waals surface area (Å²) >= 11 is 7.77. The molecule has 258 valence electrons. The summed E-state index contributed by atoms with van der Waals surface area (Å²) in [5.74, 6) is 0. The molecule has 6 heterocycles. The Kier molecular flexibility index (Phi) is 6.24. The highest BCUT2D eigenvalue weighted by molar-refractivity contribution is 8.02. The Hall–Kier alpha value is -5.11. The first kappa shape index (κ1) is 31.0. The zero-order valence-corrected chi connectivity index (χ0v) is 33.0. The van der Waals surface area contributed by atoms with Crippen LogP contribution in [-0.2, 0) is 0 Å². The molecule has 0 saturated carbocycles. The van der Waals surface area contributed by atoms with E-state index in [0.29, 0.717) is 0 Å². The van der Waals surface area contributed by atoms with Crippen LogP contribution >= 0.6 is 47.0 Å². The van der Waals surface area contributed by atoms with E-state index < -0.39 is 0 Å².